The molecule has 0 amide bonds. The fourth-order valence-electron chi connectivity index (χ4n) is 3.25. The van der Waals surface area contributed by atoms with Crippen LogP contribution in [0, 0.1) is 5.92 Å². The maximum atomic E-state index is 4.08. The predicted molar refractivity (Wildman–Crippen MR) is 81.0 cm³/mol. The van der Waals surface area contributed by atoms with E-state index in [-0.39, 0.29) is 0 Å². The Hall–Kier alpha value is -1.04. The number of benzene rings is 1. The highest BCUT2D eigenvalue weighted by Gasteiger charge is 2.33. The van der Waals surface area contributed by atoms with Gasteiger partial charge >= 0.3 is 0 Å². The average molecular weight is 242 g/mol. The van der Waals surface area contributed by atoms with Gasteiger partial charge in [0.1, 0.15) is 0 Å². The van der Waals surface area contributed by atoms with Crippen LogP contribution in [-0.4, -0.2) is 0 Å². The normalized spacial score (nSPS) is 21.8. The van der Waals surface area contributed by atoms with E-state index in [4.69, 9.17) is 0 Å². The molecule has 0 fully saturated rings. The molecule has 2 rings (SSSR count). The van der Waals surface area contributed by atoms with Gasteiger partial charge in [-0.25, -0.2) is 0 Å². The van der Waals surface area contributed by atoms with Crippen molar-refractivity contribution < 1.29 is 0 Å². The van der Waals surface area contributed by atoms with Crippen molar-refractivity contribution in [3.8, 4) is 0 Å². The van der Waals surface area contributed by atoms with Gasteiger partial charge < -0.3 is 0 Å². The topological polar surface area (TPSA) is 0 Å². The molecule has 0 bridgehead atoms. The van der Waals surface area contributed by atoms with Crippen LogP contribution in [0.2, 0.25) is 0 Å². The summed E-state index contributed by atoms with van der Waals surface area (Å²) in [5.41, 5.74) is 5.92. The first-order valence-corrected chi connectivity index (χ1v) is 7.13. The Morgan fingerprint density at radius 1 is 1.33 bits per heavy atom. The second-order valence-electron chi connectivity index (χ2n) is 6.86. The molecule has 18 heavy (non-hydrogen) atoms. The largest absolute Gasteiger partial charge is 0.0955 e. The quantitative estimate of drug-likeness (QED) is 0.639. The van der Waals surface area contributed by atoms with Crippen LogP contribution in [0.5, 0.6) is 0 Å². The number of rotatable bonds is 2. The molecule has 0 aromatic heterocycles. The van der Waals surface area contributed by atoms with E-state index in [1.807, 2.05) is 0 Å². The third kappa shape index (κ3) is 2.25. The summed E-state index contributed by atoms with van der Waals surface area (Å²) in [4.78, 5) is 0. The lowest BCUT2D eigenvalue weighted by Crippen LogP contribution is -2.28. The summed E-state index contributed by atoms with van der Waals surface area (Å²) in [6.45, 7) is 15.6. The minimum atomic E-state index is 0.328. The lowest BCUT2D eigenvalue weighted by atomic mass is 9.66. The van der Waals surface area contributed by atoms with Crippen molar-refractivity contribution in [3.63, 3.8) is 0 Å². The van der Waals surface area contributed by atoms with Gasteiger partial charge in [0.15, 0.2) is 0 Å². The molecular weight excluding hydrogens is 216 g/mol. The van der Waals surface area contributed by atoms with Gasteiger partial charge in [-0.2, -0.15) is 0 Å². The van der Waals surface area contributed by atoms with Gasteiger partial charge in [0.2, 0.25) is 0 Å². The van der Waals surface area contributed by atoms with Gasteiger partial charge in [-0.05, 0) is 53.7 Å². The zero-order valence-electron chi connectivity index (χ0n) is 12.5. The lowest BCUT2D eigenvalue weighted by Gasteiger charge is -2.39. The van der Waals surface area contributed by atoms with Gasteiger partial charge in [0, 0.05) is 0 Å². The molecule has 1 aromatic rings. The Labute approximate surface area is 112 Å². The zero-order chi connectivity index (χ0) is 13.5. The van der Waals surface area contributed by atoms with E-state index >= 15 is 0 Å². The smallest absolute Gasteiger partial charge is 0.0100 e. The standard InChI is InChI=1S/C18H26/c1-12(2)14-7-8-17-16(11-14)15(13(3)4)9-10-18(17,5)6/h7-8,11,13,15H,1,9-10H2,2-6H3. The summed E-state index contributed by atoms with van der Waals surface area (Å²) in [5.74, 6) is 1.44. The summed E-state index contributed by atoms with van der Waals surface area (Å²) in [7, 11) is 0. The van der Waals surface area contributed by atoms with E-state index in [0.717, 1.165) is 5.92 Å². The minimum Gasteiger partial charge on any atom is -0.0955 e. The highest BCUT2D eigenvalue weighted by molar-refractivity contribution is 5.63. The van der Waals surface area contributed by atoms with Crippen molar-refractivity contribution in [3.05, 3.63) is 41.5 Å². The molecule has 0 heteroatoms. The van der Waals surface area contributed by atoms with Crippen LogP contribution in [0.25, 0.3) is 5.57 Å². The Morgan fingerprint density at radius 2 is 2.00 bits per heavy atom. The van der Waals surface area contributed by atoms with Gasteiger partial charge in [0.05, 0.1) is 0 Å². The highest BCUT2D eigenvalue weighted by Crippen LogP contribution is 2.45. The molecule has 1 aromatic carbocycles. The second kappa shape index (κ2) is 4.57. The molecule has 98 valence electrons. The Balaban J connectivity index is 2.57. The summed E-state index contributed by atoms with van der Waals surface area (Å²) in [6.07, 6.45) is 2.62. The van der Waals surface area contributed by atoms with E-state index in [2.05, 4.69) is 59.4 Å². The SMILES string of the molecule is C=C(C)c1ccc2c(c1)C(C(C)C)CCC2(C)C. The van der Waals surface area contributed by atoms with Crippen LogP contribution < -0.4 is 0 Å². The molecule has 0 nitrogen and oxygen atoms in total. The van der Waals surface area contributed by atoms with Crippen molar-refractivity contribution in [2.45, 2.75) is 58.8 Å². The van der Waals surface area contributed by atoms with Crippen LogP contribution in [0.3, 0.4) is 0 Å². The lowest BCUT2D eigenvalue weighted by molar-refractivity contribution is 0.346. The number of fused-ring (bicyclic) bond motifs is 1. The summed E-state index contributed by atoms with van der Waals surface area (Å²) >= 11 is 0. The van der Waals surface area contributed by atoms with Crippen LogP contribution in [0.1, 0.15) is 70.1 Å². The van der Waals surface area contributed by atoms with E-state index in [1.54, 1.807) is 11.1 Å². The predicted octanol–water partition coefficient (Wildman–Crippen LogP) is 5.53. The maximum absolute atomic E-state index is 4.08. The summed E-state index contributed by atoms with van der Waals surface area (Å²) in [6, 6.07) is 6.97. The van der Waals surface area contributed by atoms with Crippen molar-refractivity contribution in [2.24, 2.45) is 5.92 Å². The number of allylic oxidation sites excluding steroid dienone is 1. The Bertz CT molecular complexity index is 463. The molecule has 1 unspecified atom stereocenters. The van der Waals surface area contributed by atoms with Gasteiger partial charge in [-0.1, -0.05) is 58.0 Å². The third-order valence-corrected chi connectivity index (χ3v) is 4.56. The number of hydrogen-bond donors (Lipinski definition) is 0. The van der Waals surface area contributed by atoms with E-state index in [0.29, 0.717) is 11.3 Å². The van der Waals surface area contributed by atoms with E-state index in [1.165, 1.54) is 24.0 Å². The molecule has 0 saturated heterocycles. The maximum Gasteiger partial charge on any atom is -0.0100 e. The Kier molecular flexibility index (Phi) is 3.40. The third-order valence-electron chi connectivity index (χ3n) is 4.56. The van der Waals surface area contributed by atoms with Crippen LogP contribution in [0.4, 0.5) is 0 Å². The molecule has 1 atom stereocenters. The van der Waals surface area contributed by atoms with Gasteiger partial charge in [0.25, 0.3) is 0 Å². The van der Waals surface area contributed by atoms with Crippen LogP contribution >= 0.6 is 0 Å². The first-order chi connectivity index (χ1) is 8.33. The van der Waals surface area contributed by atoms with Crippen molar-refractivity contribution in [1.29, 1.82) is 0 Å². The summed E-state index contributed by atoms with van der Waals surface area (Å²) < 4.78 is 0. The fraction of sp³-hybridized carbons (Fsp3) is 0.556. The average Bonchev–Trinajstić information content (AvgIpc) is 2.27. The first-order valence-electron chi connectivity index (χ1n) is 7.13. The van der Waals surface area contributed by atoms with E-state index in [9.17, 15) is 0 Å². The Morgan fingerprint density at radius 3 is 2.56 bits per heavy atom. The minimum absolute atomic E-state index is 0.328. The highest BCUT2D eigenvalue weighted by atomic mass is 14.4. The van der Waals surface area contributed by atoms with Crippen molar-refractivity contribution >= 4 is 5.57 Å². The van der Waals surface area contributed by atoms with E-state index < -0.39 is 0 Å². The molecule has 0 aliphatic heterocycles. The molecule has 1 aliphatic rings. The monoisotopic (exact) mass is 242 g/mol. The van der Waals surface area contributed by atoms with Crippen LogP contribution in [0.15, 0.2) is 24.8 Å². The van der Waals surface area contributed by atoms with Crippen molar-refractivity contribution in [1.82, 2.24) is 0 Å². The second-order valence-corrected chi connectivity index (χ2v) is 6.86. The van der Waals surface area contributed by atoms with Gasteiger partial charge in [-0.3, -0.25) is 0 Å². The summed E-state index contributed by atoms with van der Waals surface area (Å²) in [5, 5.41) is 0. The molecule has 0 spiro atoms. The molecule has 0 radical (unpaired) electrons. The molecule has 0 N–H and O–H groups in total. The van der Waals surface area contributed by atoms with Crippen LogP contribution in [-0.2, 0) is 5.41 Å². The molecule has 1 aliphatic carbocycles. The van der Waals surface area contributed by atoms with Crippen molar-refractivity contribution in [2.75, 3.05) is 0 Å². The number of hydrogen-bond acceptors (Lipinski definition) is 0. The molecule has 0 saturated carbocycles. The first kappa shape index (κ1) is 13.4. The fourth-order valence-corrected chi connectivity index (χ4v) is 3.25. The van der Waals surface area contributed by atoms with Gasteiger partial charge in [-0.15, -0.1) is 0 Å². The zero-order valence-corrected chi connectivity index (χ0v) is 12.5. The molecular formula is C18H26. The molecule has 0 heterocycles.